The van der Waals surface area contributed by atoms with E-state index < -0.39 is 0 Å². The minimum Gasteiger partial charge on any atom is -0.493 e. The summed E-state index contributed by atoms with van der Waals surface area (Å²) >= 11 is 11.7. The summed E-state index contributed by atoms with van der Waals surface area (Å²) < 4.78 is 15.9. The summed E-state index contributed by atoms with van der Waals surface area (Å²) in [4.78, 5) is 16.2. The first-order chi connectivity index (χ1) is 12.1. The summed E-state index contributed by atoms with van der Waals surface area (Å²) in [6.45, 7) is 0.974. The fourth-order valence-electron chi connectivity index (χ4n) is 1.86. The van der Waals surface area contributed by atoms with Gasteiger partial charge in [0.2, 0.25) is 11.8 Å². The highest BCUT2D eigenvalue weighted by Gasteiger charge is 2.09. The van der Waals surface area contributed by atoms with Crippen LogP contribution >= 0.6 is 23.2 Å². The first-order valence-corrected chi connectivity index (χ1v) is 8.30. The number of methoxy groups -OCH3 is 1. The van der Waals surface area contributed by atoms with Gasteiger partial charge in [-0.15, -0.1) is 0 Å². The molecule has 0 fully saturated rings. The van der Waals surface area contributed by atoms with Crippen LogP contribution in [0.3, 0.4) is 0 Å². The second kappa shape index (κ2) is 10.1. The van der Waals surface area contributed by atoms with Crippen LogP contribution in [-0.4, -0.2) is 37.8 Å². The van der Waals surface area contributed by atoms with Crippen molar-refractivity contribution in [3.05, 3.63) is 46.6 Å². The Morgan fingerprint density at radius 3 is 2.72 bits per heavy atom. The van der Waals surface area contributed by atoms with E-state index in [4.69, 9.17) is 37.4 Å². The lowest BCUT2D eigenvalue weighted by Crippen LogP contribution is -2.16. The lowest BCUT2D eigenvalue weighted by atomic mass is 10.3. The average Bonchev–Trinajstić information content (AvgIpc) is 2.60. The molecule has 0 atom stereocenters. The molecule has 0 unspecified atom stereocenters. The number of nitrogens with zero attached hydrogens (tertiary/aromatic N) is 1. The van der Waals surface area contributed by atoms with E-state index >= 15 is 0 Å². The monoisotopic (exact) mass is 384 g/mol. The maximum absolute atomic E-state index is 12.1. The molecule has 0 aliphatic heterocycles. The highest BCUT2D eigenvalue weighted by Crippen LogP contribution is 2.26. The molecule has 0 spiro atoms. The number of carbonyl (C=O) groups excluding carboxylic acids is 1. The van der Waals surface area contributed by atoms with Gasteiger partial charge in [0.1, 0.15) is 18.0 Å². The second-order valence-corrected chi connectivity index (χ2v) is 5.73. The molecule has 0 aliphatic rings. The Bertz CT molecular complexity index is 713. The molecule has 134 valence electrons. The molecule has 1 amide bonds. The third-order valence-corrected chi connectivity index (χ3v) is 3.80. The minimum absolute atomic E-state index is 0.159. The van der Waals surface area contributed by atoms with Crippen LogP contribution in [0.25, 0.3) is 0 Å². The zero-order chi connectivity index (χ0) is 18.1. The predicted molar refractivity (Wildman–Crippen MR) is 96.8 cm³/mol. The second-order valence-electron chi connectivity index (χ2n) is 4.92. The number of aromatic nitrogens is 1. The van der Waals surface area contributed by atoms with Gasteiger partial charge in [0.25, 0.3) is 0 Å². The lowest BCUT2D eigenvalue weighted by Gasteiger charge is -2.11. The first kappa shape index (κ1) is 19.3. The Morgan fingerprint density at radius 1 is 1.12 bits per heavy atom. The standard InChI is InChI=1S/C17H18Cl2N2O4/c1-23-9-10-25-17-15(3-2-7-20-17)21-16(22)6-8-24-12-4-5-13(18)14(19)11-12/h2-5,7,11H,6,8-10H2,1H3,(H,21,22). The SMILES string of the molecule is COCCOc1ncccc1NC(=O)CCOc1ccc(Cl)c(Cl)c1. The smallest absolute Gasteiger partial charge is 0.237 e. The zero-order valence-corrected chi connectivity index (χ0v) is 15.1. The molecule has 2 rings (SSSR count). The molecular weight excluding hydrogens is 367 g/mol. The predicted octanol–water partition coefficient (Wildman–Crippen LogP) is 3.82. The van der Waals surface area contributed by atoms with E-state index in [-0.39, 0.29) is 18.9 Å². The van der Waals surface area contributed by atoms with Crippen molar-refractivity contribution >= 4 is 34.8 Å². The number of amides is 1. The van der Waals surface area contributed by atoms with Gasteiger partial charge in [-0.2, -0.15) is 0 Å². The minimum atomic E-state index is -0.218. The Hall–Kier alpha value is -2.02. The third kappa shape index (κ3) is 6.42. The molecule has 1 N–H and O–H groups in total. The fourth-order valence-corrected chi connectivity index (χ4v) is 2.15. The zero-order valence-electron chi connectivity index (χ0n) is 13.6. The van der Waals surface area contributed by atoms with Crippen LogP contribution in [0.5, 0.6) is 11.6 Å². The molecule has 25 heavy (non-hydrogen) atoms. The molecule has 0 aliphatic carbocycles. The summed E-state index contributed by atoms with van der Waals surface area (Å²) in [5.41, 5.74) is 0.498. The van der Waals surface area contributed by atoms with E-state index in [0.29, 0.717) is 40.6 Å². The normalized spacial score (nSPS) is 10.4. The summed E-state index contributed by atoms with van der Waals surface area (Å²) in [6, 6.07) is 8.36. The van der Waals surface area contributed by atoms with Gasteiger partial charge in [-0.25, -0.2) is 4.98 Å². The van der Waals surface area contributed by atoms with Crippen molar-refractivity contribution in [2.75, 3.05) is 32.2 Å². The maximum atomic E-state index is 12.1. The summed E-state index contributed by atoms with van der Waals surface area (Å²) in [7, 11) is 1.58. The number of halogens is 2. The number of hydrogen-bond acceptors (Lipinski definition) is 5. The highest BCUT2D eigenvalue weighted by molar-refractivity contribution is 6.42. The molecule has 0 bridgehead atoms. The molecule has 0 radical (unpaired) electrons. The number of hydrogen-bond donors (Lipinski definition) is 1. The molecule has 1 aromatic heterocycles. The lowest BCUT2D eigenvalue weighted by molar-refractivity contribution is -0.116. The van der Waals surface area contributed by atoms with Gasteiger partial charge < -0.3 is 19.5 Å². The van der Waals surface area contributed by atoms with Crippen LogP contribution in [0.1, 0.15) is 6.42 Å². The number of nitrogens with one attached hydrogen (secondary N) is 1. The van der Waals surface area contributed by atoms with Crippen molar-refractivity contribution in [2.24, 2.45) is 0 Å². The molecular formula is C17H18Cl2N2O4. The average molecular weight is 385 g/mol. The van der Waals surface area contributed by atoms with Gasteiger partial charge in [-0.1, -0.05) is 23.2 Å². The van der Waals surface area contributed by atoms with Gasteiger partial charge in [0.05, 0.1) is 29.7 Å². The van der Waals surface area contributed by atoms with E-state index in [1.807, 2.05) is 0 Å². The summed E-state index contributed by atoms with van der Waals surface area (Å²) in [5.74, 6) is 0.676. The number of ether oxygens (including phenoxy) is 3. The van der Waals surface area contributed by atoms with E-state index in [9.17, 15) is 4.79 Å². The summed E-state index contributed by atoms with van der Waals surface area (Å²) in [5, 5.41) is 3.60. The van der Waals surface area contributed by atoms with E-state index in [0.717, 1.165) is 0 Å². The van der Waals surface area contributed by atoms with Crippen molar-refractivity contribution in [3.63, 3.8) is 0 Å². The number of benzene rings is 1. The Labute approximate surface area is 156 Å². The fraction of sp³-hybridized carbons (Fsp3) is 0.294. The van der Waals surface area contributed by atoms with Gasteiger partial charge in [0, 0.05) is 19.4 Å². The first-order valence-electron chi connectivity index (χ1n) is 7.54. The molecule has 2 aromatic rings. The number of carbonyl (C=O) groups is 1. The molecule has 0 saturated carbocycles. The molecule has 6 nitrogen and oxygen atoms in total. The largest absolute Gasteiger partial charge is 0.493 e. The molecule has 8 heteroatoms. The Morgan fingerprint density at radius 2 is 1.96 bits per heavy atom. The summed E-state index contributed by atoms with van der Waals surface area (Å²) in [6.07, 6.45) is 1.75. The van der Waals surface area contributed by atoms with Crippen LogP contribution in [0.4, 0.5) is 5.69 Å². The van der Waals surface area contributed by atoms with Crippen molar-refractivity contribution in [2.45, 2.75) is 6.42 Å². The van der Waals surface area contributed by atoms with Gasteiger partial charge >= 0.3 is 0 Å². The van der Waals surface area contributed by atoms with Crippen molar-refractivity contribution in [1.82, 2.24) is 4.98 Å². The van der Waals surface area contributed by atoms with Crippen LogP contribution in [0.15, 0.2) is 36.5 Å². The van der Waals surface area contributed by atoms with Crippen LogP contribution < -0.4 is 14.8 Å². The van der Waals surface area contributed by atoms with Crippen molar-refractivity contribution < 1.29 is 19.0 Å². The van der Waals surface area contributed by atoms with Gasteiger partial charge in [0.15, 0.2) is 0 Å². The third-order valence-electron chi connectivity index (χ3n) is 3.06. The van der Waals surface area contributed by atoms with Crippen molar-refractivity contribution in [3.8, 4) is 11.6 Å². The van der Waals surface area contributed by atoms with Gasteiger partial charge in [-0.3, -0.25) is 4.79 Å². The topological polar surface area (TPSA) is 69.7 Å². The van der Waals surface area contributed by atoms with Crippen LogP contribution in [0.2, 0.25) is 10.0 Å². The van der Waals surface area contributed by atoms with E-state index in [1.165, 1.54) is 0 Å². The number of rotatable bonds is 9. The van der Waals surface area contributed by atoms with E-state index in [1.54, 1.807) is 43.6 Å². The quantitative estimate of drug-likeness (QED) is 0.665. The molecule has 0 saturated heterocycles. The van der Waals surface area contributed by atoms with E-state index in [2.05, 4.69) is 10.3 Å². The van der Waals surface area contributed by atoms with Crippen molar-refractivity contribution in [1.29, 1.82) is 0 Å². The Balaban J connectivity index is 1.82. The molecule has 1 aromatic carbocycles. The van der Waals surface area contributed by atoms with Gasteiger partial charge in [-0.05, 0) is 24.3 Å². The molecule has 1 heterocycles. The highest BCUT2D eigenvalue weighted by atomic mass is 35.5. The Kier molecular flexibility index (Phi) is 7.78. The van der Waals surface area contributed by atoms with Crippen LogP contribution in [0, 0.1) is 0 Å². The van der Waals surface area contributed by atoms with Crippen LogP contribution in [-0.2, 0) is 9.53 Å². The number of anilines is 1. The number of pyridine rings is 1. The maximum Gasteiger partial charge on any atom is 0.237 e.